The predicted molar refractivity (Wildman–Crippen MR) is 105 cm³/mol. The number of ketones is 2. The van der Waals surface area contributed by atoms with Crippen molar-refractivity contribution in [2.75, 3.05) is 33.2 Å². The van der Waals surface area contributed by atoms with Gasteiger partial charge in [0.15, 0.2) is 11.6 Å². The largest absolute Gasteiger partial charge is 0.390 e. The maximum atomic E-state index is 11.6. The van der Waals surface area contributed by atoms with Gasteiger partial charge in [-0.1, -0.05) is 24.3 Å². The number of carbonyl (C=O) groups is 2. The van der Waals surface area contributed by atoms with E-state index in [2.05, 4.69) is 22.6 Å². The van der Waals surface area contributed by atoms with Crippen molar-refractivity contribution < 1.29 is 26.4 Å². The molecule has 0 fully saturated rings. The molecule has 0 spiro atoms. The number of rotatable bonds is 10. The van der Waals surface area contributed by atoms with Gasteiger partial charge in [-0.15, -0.1) is 0 Å². The average molecular weight is 412 g/mol. The van der Waals surface area contributed by atoms with Gasteiger partial charge < -0.3 is 15.5 Å². The SMILES string of the molecule is CN(CCCN/C=C1/C=CC=CC1=O)CCCN/C=C1/C=CC=CC1=O.[Co]. The zero-order valence-electron chi connectivity index (χ0n) is 15.6. The molecule has 0 unspecified atom stereocenters. The van der Waals surface area contributed by atoms with E-state index in [4.69, 9.17) is 0 Å². The number of nitrogens with one attached hydrogen (secondary N) is 2. The molecule has 1 radical (unpaired) electrons. The molecule has 0 heterocycles. The molecule has 5 nitrogen and oxygen atoms in total. The Morgan fingerprint density at radius 3 is 1.59 bits per heavy atom. The molecule has 6 heteroatoms. The van der Waals surface area contributed by atoms with Gasteiger partial charge in [0.2, 0.25) is 0 Å². The molecule has 0 saturated heterocycles. The molecule has 0 aliphatic heterocycles. The minimum absolute atomic E-state index is 0. The third-order valence-electron chi connectivity index (χ3n) is 4.08. The van der Waals surface area contributed by atoms with Gasteiger partial charge in [0.05, 0.1) is 0 Å². The Kier molecular flexibility index (Phi) is 11.1. The Morgan fingerprint density at radius 1 is 0.778 bits per heavy atom. The molecule has 0 saturated carbocycles. The minimum atomic E-state index is 0. The van der Waals surface area contributed by atoms with Crippen LogP contribution in [0, 0.1) is 0 Å². The second-order valence-electron chi connectivity index (χ2n) is 6.28. The zero-order valence-corrected chi connectivity index (χ0v) is 16.7. The summed E-state index contributed by atoms with van der Waals surface area (Å²) in [5.41, 5.74) is 1.39. The summed E-state index contributed by atoms with van der Waals surface area (Å²) in [6, 6.07) is 0. The Hall–Kier alpha value is -2.15. The average Bonchev–Trinajstić information content (AvgIpc) is 2.64. The van der Waals surface area contributed by atoms with Crippen LogP contribution in [-0.2, 0) is 26.4 Å². The molecular formula is C21H27CoN3O2. The predicted octanol–water partition coefficient (Wildman–Crippen LogP) is 2.03. The van der Waals surface area contributed by atoms with Gasteiger partial charge in [-0.25, -0.2) is 0 Å². The molecule has 2 N–H and O–H groups in total. The van der Waals surface area contributed by atoms with E-state index in [1.165, 1.54) is 0 Å². The van der Waals surface area contributed by atoms with Gasteiger partial charge in [-0.05, 0) is 57.3 Å². The molecular weight excluding hydrogens is 385 g/mol. The normalized spacial score (nSPS) is 18.4. The van der Waals surface area contributed by atoms with Crippen LogP contribution in [-0.4, -0.2) is 49.7 Å². The Morgan fingerprint density at radius 2 is 1.19 bits per heavy atom. The number of allylic oxidation sites excluding steroid dienone is 10. The Balaban J connectivity index is 0.00000364. The van der Waals surface area contributed by atoms with Crippen molar-refractivity contribution in [3.05, 3.63) is 72.2 Å². The van der Waals surface area contributed by atoms with Crippen molar-refractivity contribution in [2.45, 2.75) is 12.8 Å². The first-order valence-corrected chi connectivity index (χ1v) is 9.00. The second-order valence-corrected chi connectivity index (χ2v) is 6.28. The van der Waals surface area contributed by atoms with Crippen LogP contribution >= 0.6 is 0 Å². The molecule has 2 aliphatic rings. The summed E-state index contributed by atoms with van der Waals surface area (Å²) in [5, 5.41) is 6.40. The van der Waals surface area contributed by atoms with Crippen molar-refractivity contribution in [2.24, 2.45) is 0 Å². The molecule has 147 valence electrons. The molecule has 0 bridgehead atoms. The molecule has 0 aromatic heterocycles. The summed E-state index contributed by atoms with van der Waals surface area (Å²) in [5.74, 6) is 0.0852. The van der Waals surface area contributed by atoms with Crippen LogP contribution in [0.3, 0.4) is 0 Å². The summed E-state index contributed by atoms with van der Waals surface area (Å²) in [6.45, 7) is 3.66. The quantitative estimate of drug-likeness (QED) is 0.425. The molecule has 0 amide bonds. The maximum Gasteiger partial charge on any atom is 0.187 e. The number of hydrogen-bond acceptors (Lipinski definition) is 5. The van der Waals surface area contributed by atoms with Crippen molar-refractivity contribution >= 4 is 11.6 Å². The van der Waals surface area contributed by atoms with Crippen LogP contribution in [0.1, 0.15) is 12.8 Å². The van der Waals surface area contributed by atoms with Crippen molar-refractivity contribution in [3.63, 3.8) is 0 Å². The fourth-order valence-corrected chi connectivity index (χ4v) is 2.58. The smallest absolute Gasteiger partial charge is 0.187 e. The Bertz CT molecular complexity index is 630. The number of hydrogen-bond donors (Lipinski definition) is 2. The van der Waals surface area contributed by atoms with Crippen LogP contribution in [0.2, 0.25) is 0 Å². The van der Waals surface area contributed by atoms with E-state index in [1.54, 1.807) is 36.7 Å². The molecule has 0 aromatic carbocycles. The zero-order chi connectivity index (χ0) is 18.6. The minimum Gasteiger partial charge on any atom is -0.390 e. The fourth-order valence-electron chi connectivity index (χ4n) is 2.58. The molecule has 2 aliphatic carbocycles. The van der Waals surface area contributed by atoms with Crippen LogP contribution in [0.15, 0.2) is 72.2 Å². The van der Waals surface area contributed by atoms with Gasteiger partial charge in [0.1, 0.15) is 0 Å². The summed E-state index contributed by atoms with van der Waals surface area (Å²) in [7, 11) is 2.10. The van der Waals surface area contributed by atoms with Crippen LogP contribution in [0.5, 0.6) is 0 Å². The Labute approximate surface area is 171 Å². The third-order valence-corrected chi connectivity index (χ3v) is 4.08. The molecule has 27 heavy (non-hydrogen) atoms. The second kappa shape index (κ2) is 13.1. The van der Waals surface area contributed by atoms with Gasteiger partial charge in [-0.3, -0.25) is 9.59 Å². The first-order valence-electron chi connectivity index (χ1n) is 9.00. The summed E-state index contributed by atoms with van der Waals surface area (Å²) < 4.78 is 0. The van der Waals surface area contributed by atoms with E-state index in [0.717, 1.165) is 39.0 Å². The van der Waals surface area contributed by atoms with E-state index in [0.29, 0.717) is 11.1 Å². The van der Waals surface area contributed by atoms with Gasteiger partial charge >= 0.3 is 0 Å². The van der Waals surface area contributed by atoms with Crippen molar-refractivity contribution in [3.8, 4) is 0 Å². The maximum absolute atomic E-state index is 11.6. The van der Waals surface area contributed by atoms with E-state index in [-0.39, 0.29) is 28.3 Å². The van der Waals surface area contributed by atoms with E-state index < -0.39 is 0 Å². The first kappa shape index (κ1) is 22.9. The van der Waals surface area contributed by atoms with Crippen molar-refractivity contribution in [1.29, 1.82) is 0 Å². The summed E-state index contributed by atoms with van der Waals surface area (Å²) in [6.07, 6.45) is 19.6. The van der Waals surface area contributed by atoms with Crippen LogP contribution < -0.4 is 10.6 Å². The van der Waals surface area contributed by atoms with Crippen LogP contribution in [0.4, 0.5) is 0 Å². The standard InChI is InChI=1S/C21H27N3O2.Co/c1-24(14-6-12-22-16-18-8-2-4-10-20(18)25)15-7-13-23-17-19-9-3-5-11-21(19)26;/h2-5,8-11,16-17,22-23H,6-7,12-15H2,1H3;/b18-16-,19-17-;. The molecule has 0 aromatic rings. The summed E-state index contributed by atoms with van der Waals surface area (Å²) in [4.78, 5) is 25.4. The topological polar surface area (TPSA) is 61.4 Å². The van der Waals surface area contributed by atoms with E-state index >= 15 is 0 Å². The number of carbonyl (C=O) groups excluding carboxylic acids is 2. The third kappa shape index (κ3) is 8.86. The first-order chi connectivity index (χ1) is 12.7. The monoisotopic (exact) mass is 412 g/mol. The van der Waals surface area contributed by atoms with Crippen molar-refractivity contribution in [1.82, 2.24) is 15.5 Å². The van der Waals surface area contributed by atoms with E-state index in [1.807, 2.05) is 24.3 Å². The van der Waals surface area contributed by atoms with Gasteiger partial charge in [0.25, 0.3) is 0 Å². The molecule has 0 atom stereocenters. The fraction of sp³-hybridized carbons (Fsp3) is 0.333. The number of nitrogens with zero attached hydrogens (tertiary/aromatic N) is 1. The van der Waals surface area contributed by atoms with Gasteiger partial charge in [0, 0.05) is 53.4 Å². The van der Waals surface area contributed by atoms with Gasteiger partial charge in [-0.2, -0.15) is 0 Å². The summed E-state index contributed by atoms with van der Waals surface area (Å²) >= 11 is 0. The van der Waals surface area contributed by atoms with E-state index in [9.17, 15) is 9.59 Å². The van der Waals surface area contributed by atoms with Crippen LogP contribution in [0.25, 0.3) is 0 Å². The molecule has 2 rings (SSSR count).